The fourth-order valence-corrected chi connectivity index (χ4v) is 2.55. The van der Waals surface area contributed by atoms with Gasteiger partial charge < -0.3 is 15.4 Å². The number of nitrogens with zero attached hydrogens (tertiary/aromatic N) is 1. The predicted octanol–water partition coefficient (Wildman–Crippen LogP) is 3.60. The van der Waals surface area contributed by atoms with E-state index < -0.39 is 5.91 Å². The van der Waals surface area contributed by atoms with Crippen LogP contribution in [0.3, 0.4) is 0 Å². The second kappa shape index (κ2) is 8.11. The first-order chi connectivity index (χ1) is 12.7. The molecule has 0 unspecified atom stereocenters. The fraction of sp³-hybridized carbons (Fsp3) is 0.150. The number of ether oxygens (including phenoxy) is 1. The highest BCUT2D eigenvalue weighted by Crippen LogP contribution is 2.21. The summed E-state index contributed by atoms with van der Waals surface area (Å²) in [6.45, 7) is 2.48. The lowest BCUT2D eigenvalue weighted by molar-refractivity contribution is -0.123. The van der Waals surface area contributed by atoms with Crippen molar-refractivity contribution < 1.29 is 14.3 Å². The Labute approximate surface area is 151 Å². The first kappa shape index (κ1) is 17.4. The van der Waals surface area contributed by atoms with Crippen LogP contribution in [0.2, 0.25) is 0 Å². The molecule has 0 saturated carbocycles. The third kappa shape index (κ3) is 4.36. The maximum Gasteiger partial charge on any atom is 0.233 e. The van der Waals surface area contributed by atoms with Gasteiger partial charge in [0, 0.05) is 17.3 Å². The van der Waals surface area contributed by atoms with Gasteiger partial charge in [0.15, 0.2) is 0 Å². The highest BCUT2D eigenvalue weighted by Gasteiger charge is 2.12. The van der Waals surface area contributed by atoms with Crippen molar-refractivity contribution in [2.24, 2.45) is 0 Å². The number of carbonyl (C=O) groups excluding carboxylic acids is 2. The quantitative estimate of drug-likeness (QED) is 0.666. The van der Waals surface area contributed by atoms with Gasteiger partial charge in [0.2, 0.25) is 11.8 Å². The first-order valence-corrected chi connectivity index (χ1v) is 8.32. The Morgan fingerprint density at radius 1 is 0.962 bits per heavy atom. The Hall–Kier alpha value is -3.41. The van der Waals surface area contributed by atoms with E-state index in [4.69, 9.17) is 4.74 Å². The number of para-hydroxylation sites is 1. The van der Waals surface area contributed by atoms with Crippen LogP contribution in [0.15, 0.2) is 60.8 Å². The number of pyridine rings is 1. The molecule has 2 aromatic carbocycles. The monoisotopic (exact) mass is 349 g/mol. The molecular formula is C20H19N3O3. The van der Waals surface area contributed by atoms with Gasteiger partial charge in [-0.3, -0.25) is 14.6 Å². The molecule has 2 N–H and O–H groups in total. The number of nitrogens with one attached hydrogen (secondary N) is 2. The van der Waals surface area contributed by atoms with Gasteiger partial charge >= 0.3 is 0 Å². The number of amides is 2. The highest BCUT2D eigenvalue weighted by atomic mass is 16.5. The number of hydrogen-bond donors (Lipinski definition) is 2. The van der Waals surface area contributed by atoms with E-state index >= 15 is 0 Å². The highest BCUT2D eigenvalue weighted by molar-refractivity contribution is 6.10. The molecule has 0 atom stereocenters. The van der Waals surface area contributed by atoms with Gasteiger partial charge in [-0.1, -0.05) is 18.2 Å². The minimum absolute atomic E-state index is 0.281. The number of aromatic nitrogens is 1. The zero-order chi connectivity index (χ0) is 18.4. The molecule has 0 aliphatic carbocycles. The van der Waals surface area contributed by atoms with Crippen molar-refractivity contribution in [3.63, 3.8) is 0 Å². The van der Waals surface area contributed by atoms with Gasteiger partial charge in [-0.05, 0) is 43.3 Å². The average Bonchev–Trinajstić information content (AvgIpc) is 2.64. The van der Waals surface area contributed by atoms with Crippen molar-refractivity contribution in [2.75, 3.05) is 17.2 Å². The van der Waals surface area contributed by atoms with Crippen molar-refractivity contribution in [1.29, 1.82) is 0 Å². The summed E-state index contributed by atoms with van der Waals surface area (Å²) >= 11 is 0. The molecule has 0 fully saturated rings. The molecule has 3 rings (SSSR count). The lowest BCUT2D eigenvalue weighted by atomic mass is 10.2. The maximum absolute atomic E-state index is 12.2. The summed E-state index contributed by atoms with van der Waals surface area (Å²) in [5.74, 6) is -0.0573. The van der Waals surface area contributed by atoms with Crippen molar-refractivity contribution in [3.8, 4) is 5.75 Å². The van der Waals surface area contributed by atoms with Crippen LogP contribution >= 0.6 is 0 Å². The molecule has 6 nitrogen and oxygen atoms in total. The number of rotatable bonds is 6. The number of fused-ring (bicyclic) bond motifs is 1. The summed E-state index contributed by atoms with van der Waals surface area (Å²) in [4.78, 5) is 28.5. The zero-order valence-corrected chi connectivity index (χ0v) is 14.4. The number of carbonyl (C=O) groups is 2. The molecule has 3 aromatic rings. The molecule has 0 saturated heterocycles. The van der Waals surface area contributed by atoms with Crippen LogP contribution in [0.4, 0.5) is 11.4 Å². The minimum Gasteiger partial charge on any atom is -0.494 e. The van der Waals surface area contributed by atoms with Gasteiger partial charge in [-0.25, -0.2) is 0 Å². The number of anilines is 2. The van der Waals surface area contributed by atoms with Crippen LogP contribution in [-0.2, 0) is 9.59 Å². The lowest BCUT2D eigenvalue weighted by Crippen LogP contribution is -2.21. The molecule has 0 spiro atoms. The Bertz CT molecular complexity index is 918. The van der Waals surface area contributed by atoms with Crippen LogP contribution in [0.25, 0.3) is 10.9 Å². The summed E-state index contributed by atoms with van der Waals surface area (Å²) in [6, 6.07) is 16.2. The van der Waals surface area contributed by atoms with Crippen LogP contribution in [0, 0.1) is 0 Å². The first-order valence-electron chi connectivity index (χ1n) is 8.32. The molecule has 132 valence electrons. The van der Waals surface area contributed by atoms with Gasteiger partial charge in [0.25, 0.3) is 0 Å². The van der Waals surface area contributed by atoms with Gasteiger partial charge in [0.1, 0.15) is 12.2 Å². The Morgan fingerprint density at radius 2 is 1.69 bits per heavy atom. The zero-order valence-electron chi connectivity index (χ0n) is 14.4. The van der Waals surface area contributed by atoms with Crippen molar-refractivity contribution in [3.05, 3.63) is 60.8 Å². The van der Waals surface area contributed by atoms with Crippen molar-refractivity contribution >= 4 is 34.1 Å². The van der Waals surface area contributed by atoms with Crippen molar-refractivity contribution in [1.82, 2.24) is 4.98 Å². The van der Waals surface area contributed by atoms with Gasteiger partial charge in [-0.15, -0.1) is 0 Å². The maximum atomic E-state index is 12.2. The predicted molar refractivity (Wildman–Crippen MR) is 101 cm³/mol. The molecule has 0 radical (unpaired) electrons. The van der Waals surface area contributed by atoms with E-state index in [2.05, 4.69) is 15.6 Å². The van der Waals surface area contributed by atoms with Gasteiger partial charge in [-0.2, -0.15) is 0 Å². The average molecular weight is 349 g/mol. The molecule has 0 bridgehead atoms. The molecule has 1 aromatic heterocycles. The summed E-state index contributed by atoms with van der Waals surface area (Å²) in [7, 11) is 0. The summed E-state index contributed by atoms with van der Waals surface area (Å²) in [5, 5.41) is 6.36. The van der Waals surface area contributed by atoms with E-state index in [1.54, 1.807) is 36.5 Å². The standard InChI is InChI=1S/C20H19N3O3/c1-2-26-16-10-8-15(9-11-16)22-18(24)13-19(25)23-17-7-3-5-14-6-4-12-21-20(14)17/h3-12H,2,13H2,1H3,(H,22,24)(H,23,25). The van der Waals surface area contributed by atoms with E-state index in [1.807, 2.05) is 31.2 Å². The Kier molecular flexibility index (Phi) is 5.43. The molecule has 0 aliphatic heterocycles. The van der Waals surface area contributed by atoms with Crippen LogP contribution in [0.5, 0.6) is 5.75 Å². The van der Waals surface area contributed by atoms with E-state index in [-0.39, 0.29) is 12.3 Å². The van der Waals surface area contributed by atoms with Crippen LogP contribution < -0.4 is 15.4 Å². The minimum atomic E-state index is -0.397. The second-order valence-corrected chi connectivity index (χ2v) is 5.61. The van der Waals surface area contributed by atoms with Crippen LogP contribution in [0.1, 0.15) is 13.3 Å². The summed E-state index contributed by atoms with van der Waals surface area (Å²) in [5.41, 5.74) is 1.88. The molecule has 2 amide bonds. The Balaban J connectivity index is 1.59. The third-order valence-corrected chi connectivity index (χ3v) is 3.68. The third-order valence-electron chi connectivity index (χ3n) is 3.68. The normalized spacial score (nSPS) is 10.3. The molecule has 26 heavy (non-hydrogen) atoms. The smallest absolute Gasteiger partial charge is 0.233 e. The second-order valence-electron chi connectivity index (χ2n) is 5.61. The number of hydrogen-bond acceptors (Lipinski definition) is 4. The van der Waals surface area contributed by atoms with Gasteiger partial charge in [0.05, 0.1) is 17.8 Å². The van der Waals surface area contributed by atoms with Crippen molar-refractivity contribution in [2.45, 2.75) is 13.3 Å². The van der Waals surface area contributed by atoms with E-state index in [0.717, 1.165) is 11.1 Å². The van der Waals surface area contributed by atoms with E-state index in [9.17, 15) is 9.59 Å². The summed E-state index contributed by atoms with van der Waals surface area (Å²) < 4.78 is 5.35. The SMILES string of the molecule is CCOc1ccc(NC(=O)CC(=O)Nc2cccc3cccnc23)cc1. The molecule has 6 heteroatoms. The molecular weight excluding hydrogens is 330 g/mol. The topological polar surface area (TPSA) is 80.3 Å². The van der Waals surface area contributed by atoms with E-state index in [0.29, 0.717) is 23.5 Å². The summed E-state index contributed by atoms with van der Waals surface area (Å²) in [6.07, 6.45) is 1.38. The van der Waals surface area contributed by atoms with E-state index in [1.165, 1.54) is 0 Å². The number of benzene rings is 2. The van der Waals surface area contributed by atoms with Crippen LogP contribution in [-0.4, -0.2) is 23.4 Å². The Morgan fingerprint density at radius 3 is 2.46 bits per heavy atom. The lowest BCUT2D eigenvalue weighted by Gasteiger charge is -2.09. The molecule has 1 heterocycles. The fourth-order valence-electron chi connectivity index (χ4n) is 2.55. The molecule has 0 aliphatic rings. The largest absolute Gasteiger partial charge is 0.494 e.